The summed E-state index contributed by atoms with van der Waals surface area (Å²) < 4.78 is 0. The van der Waals surface area contributed by atoms with Crippen molar-refractivity contribution in [2.24, 2.45) is 5.41 Å². The van der Waals surface area contributed by atoms with Gasteiger partial charge in [-0.3, -0.25) is 4.90 Å². The lowest BCUT2D eigenvalue weighted by molar-refractivity contribution is 0.116. The summed E-state index contributed by atoms with van der Waals surface area (Å²) in [5, 5.41) is 0. The molecule has 86 valence electrons. The van der Waals surface area contributed by atoms with E-state index in [4.69, 9.17) is 0 Å². The van der Waals surface area contributed by atoms with Crippen molar-refractivity contribution in [3.05, 3.63) is 0 Å². The number of hydrogen-bond acceptors (Lipinski definition) is 2. The molecule has 0 amide bonds. The lowest BCUT2D eigenvalue weighted by atomic mass is 9.81. The highest BCUT2D eigenvalue weighted by molar-refractivity contribution is 5.03. The molecule has 0 bridgehead atoms. The van der Waals surface area contributed by atoms with Gasteiger partial charge in [0.15, 0.2) is 0 Å². The average Bonchev–Trinajstić information content (AvgIpc) is 2.89. The second-order valence-corrected chi connectivity index (χ2v) is 6.00. The summed E-state index contributed by atoms with van der Waals surface area (Å²) in [5.41, 5.74) is 0.694. The van der Waals surface area contributed by atoms with Gasteiger partial charge in [0, 0.05) is 12.6 Å². The molecule has 0 aromatic carbocycles. The Kier molecular flexibility index (Phi) is 2.52. The van der Waals surface area contributed by atoms with Gasteiger partial charge in [0.1, 0.15) is 0 Å². The molecule has 2 heterocycles. The smallest absolute Gasteiger partial charge is 0.0164 e. The van der Waals surface area contributed by atoms with Crippen LogP contribution < -0.4 is 0 Å². The van der Waals surface area contributed by atoms with Crippen molar-refractivity contribution in [2.75, 3.05) is 33.2 Å². The first-order valence-corrected chi connectivity index (χ1v) is 6.73. The van der Waals surface area contributed by atoms with E-state index >= 15 is 0 Å². The van der Waals surface area contributed by atoms with Crippen LogP contribution >= 0.6 is 0 Å². The minimum atomic E-state index is 0.694. The molecule has 0 radical (unpaired) electrons. The van der Waals surface area contributed by atoms with Gasteiger partial charge in [0.25, 0.3) is 0 Å². The molecule has 2 saturated heterocycles. The Morgan fingerprint density at radius 1 is 1.00 bits per heavy atom. The fourth-order valence-corrected chi connectivity index (χ4v) is 4.33. The lowest BCUT2D eigenvalue weighted by Crippen LogP contribution is -2.44. The molecule has 3 fully saturated rings. The van der Waals surface area contributed by atoms with Crippen LogP contribution in [-0.2, 0) is 0 Å². The monoisotopic (exact) mass is 208 g/mol. The zero-order chi connectivity index (χ0) is 10.3. The average molecular weight is 208 g/mol. The summed E-state index contributed by atoms with van der Waals surface area (Å²) in [6.07, 6.45) is 8.82. The van der Waals surface area contributed by atoms with Gasteiger partial charge in [-0.05, 0) is 64.2 Å². The largest absolute Gasteiger partial charge is 0.306 e. The molecule has 3 aliphatic rings. The fourth-order valence-electron chi connectivity index (χ4n) is 4.33. The van der Waals surface area contributed by atoms with Crippen LogP contribution in [0.1, 0.15) is 38.5 Å². The molecule has 2 atom stereocenters. The molecule has 15 heavy (non-hydrogen) atoms. The highest BCUT2D eigenvalue weighted by Crippen LogP contribution is 2.48. The Hall–Kier alpha value is -0.0800. The van der Waals surface area contributed by atoms with E-state index < -0.39 is 0 Å². The maximum absolute atomic E-state index is 2.81. The van der Waals surface area contributed by atoms with Crippen molar-refractivity contribution in [1.29, 1.82) is 0 Å². The molecule has 0 N–H and O–H groups in total. The number of likely N-dealkylation sites (tertiary alicyclic amines) is 2. The van der Waals surface area contributed by atoms with Gasteiger partial charge in [-0.25, -0.2) is 0 Å². The van der Waals surface area contributed by atoms with Crippen LogP contribution in [-0.4, -0.2) is 49.1 Å². The molecule has 2 heteroatoms. The van der Waals surface area contributed by atoms with E-state index in [1.165, 1.54) is 64.7 Å². The van der Waals surface area contributed by atoms with E-state index in [0.29, 0.717) is 5.41 Å². The fraction of sp³-hybridized carbons (Fsp3) is 1.00. The summed E-state index contributed by atoms with van der Waals surface area (Å²) in [7, 11) is 2.30. The highest BCUT2D eigenvalue weighted by atomic mass is 15.2. The zero-order valence-corrected chi connectivity index (χ0v) is 10.0. The maximum Gasteiger partial charge on any atom is 0.0164 e. The molecule has 0 aromatic rings. The maximum atomic E-state index is 2.81. The minimum Gasteiger partial charge on any atom is -0.306 e. The summed E-state index contributed by atoms with van der Waals surface area (Å²) in [4.78, 5) is 5.36. The Morgan fingerprint density at radius 3 is 2.47 bits per heavy atom. The number of hydrogen-bond donors (Lipinski definition) is 0. The van der Waals surface area contributed by atoms with Crippen molar-refractivity contribution in [3.63, 3.8) is 0 Å². The standard InChI is InChI=1S/C13H24N2/c1-14-10-7-13(11-14)6-4-5-12(13)15-8-2-3-9-15/h12H,2-11H2,1H3. The SMILES string of the molecule is CN1CCC2(CCCC2N2CCCC2)C1. The van der Waals surface area contributed by atoms with Gasteiger partial charge < -0.3 is 4.90 Å². The predicted octanol–water partition coefficient (Wildman–Crippen LogP) is 1.96. The van der Waals surface area contributed by atoms with Crippen LogP contribution in [0.2, 0.25) is 0 Å². The first-order valence-electron chi connectivity index (χ1n) is 6.73. The quantitative estimate of drug-likeness (QED) is 0.650. The van der Waals surface area contributed by atoms with Crippen LogP contribution in [0.15, 0.2) is 0 Å². The molecule has 2 nitrogen and oxygen atoms in total. The van der Waals surface area contributed by atoms with E-state index in [-0.39, 0.29) is 0 Å². The van der Waals surface area contributed by atoms with E-state index in [2.05, 4.69) is 16.8 Å². The van der Waals surface area contributed by atoms with Crippen molar-refractivity contribution in [1.82, 2.24) is 9.80 Å². The van der Waals surface area contributed by atoms with Crippen LogP contribution in [0.25, 0.3) is 0 Å². The number of nitrogens with zero attached hydrogens (tertiary/aromatic N) is 2. The van der Waals surface area contributed by atoms with Crippen LogP contribution in [0.3, 0.4) is 0 Å². The first kappa shape index (κ1) is 10.1. The molecule has 0 aromatic heterocycles. The van der Waals surface area contributed by atoms with Crippen LogP contribution in [0.5, 0.6) is 0 Å². The predicted molar refractivity (Wildman–Crippen MR) is 63.0 cm³/mol. The second-order valence-electron chi connectivity index (χ2n) is 6.00. The second kappa shape index (κ2) is 3.74. The normalized spacial score (nSPS) is 43.4. The number of rotatable bonds is 1. The molecular weight excluding hydrogens is 184 g/mol. The van der Waals surface area contributed by atoms with Crippen molar-refractivity contribution in [3.8, 4) is 0 Å². The Morgan fingerprint density at radius 2 is 1.80 bits per heavy atom. The first-order chi connectivity index (χ1) is 7.30. The molecule has 1 aliphatic carbocycles. The third-order valence-electron chi connectivity index (χ3n) is 5.02. The topological polar surface area (TPSA) is 6.48 Å². The molecular formula is C13H24N2. The molecule has 1 saturated carbocycles. The summed E-state index contributed by atoms with van der Waals surface area (Å²) in [6, 6.07) is 0.935. The van der Waals surface area contributed by atoms with Gasteiger partial charge in [-0.1, -0.05) is 6.42 Å². The molecule has 2 aliphatic heterocycles. The highest BCUT2D eigenvalue weighted by Gasteiger charge is 2.48. The van der Waals surface area contributed by atoms with Crippen LogP contribution in [0, 0.1) is 5.41 Å². The lowest BCUT2D eigenvalue weighted by Gasteiger charge is -2.37. The minimum absolute atomic E-state index is 0.694. The van der Waals surface area contributed by atoms with E-state index in [1.54, 1.807) is 0 Å². The Bertz CT molecular complexity index is 235. The summed E-state index contributed by atoms with van der Waals surface area (Å²) in [6.45, 7) is 5.48. The van der Waals surface area contributed by atoms with Gasteiger partial charge in [0.2, 0.25) is 0 Å². The van der Waals surface area contributed by atoms with Gasteiger partial charge in [-0.2, -0.15) is 0 Å². The summed E-state index contributed by atoms with van der Waals surface area (Å²) in [5.74, 6) is 0. The summed E-state index contributed by atoms with van der Waals surface area (Å²) >= 11 is 0. The van der Waals surface area contributed by atoms with E-state index in [9.17, 15) is 0 Å². The van der Waals surface area contributed by atoms with Crippen molar-refractivity contribution >= 4 is 0 Å². The Labute approximate surface area is 93.6 Å². The third-order valence-corrected chi connectivity index (χ3v) is 5.02. The molecule has 3 rings (SSSR count). The molecule has 2 unspecified atom stereocenters. The van der Waals surface area contributed by atoms with Crippen molar-refractivity contribution in [2.45, 2.75) is 44.6 Å². The molecule has 1 spiro atoms. The third kappa shape index (κ3) is 1.62. The van der Waals surface area contributed by atoms with Gasteiger partial charge in [-0.15, -0.1) is 0 Å². The Balaban J connectivity index is 1.76. The van der Waals surface area contributed by atoms with Gasteiger partial charge >= 0.3 is 0 Å². The van der Waals surface area contributed by atoms with Gasteiger partial charge in [0.05, 0.1) is 0 Å². The zero-order valence-electron chi connectivity index (χ0n) is 10.0. The van der Waals surface area contributed by atoms with Crippen LogP contribution in [0.4, 0.5) is 0 Å². The van der Waals surface area contributed by atoms with E-state index in [0.717, 1.165) is 6.04 Å². The van der Waals surface area contributed by atoms with Crippen molar-refractivity contribution < 1.29 is 0 Å². The van der Waals surface area contributed by atoms with E-state index in [1.807, 2.05) is 0 Å².